The van der Waals surface area contributed by atoms with E-state index in [4.69, 9.17) is 0 Å². The summed E-state index contributed by atoms with van der Waals surface area (Å²) in [6.45, 7) is 13.3. The summed E-state index contributed by atoms with van der Waals surface area (Å²) in [5.74, 6) is 2.81. The fourth-order valence-corrected chi connectivity index (χ4v) is 4.59. The summed E-state index contributed by atoms with van der Waals surface area (Å²) in [5, 5.41) is 3.23. The third-order valence-electron chi connectivity index (χ3n) is 6.01. The van der Waals surface area contributed by atoms with Crippen LogP contribution in [0.25, 0.3) is 0 Å². The Kier molecular flexibility index (Phi) is 2.42. The third-order valence-corrected chi connectivity index (χ3v) is 6.01. The van der Waals surface area contributed by atoms with Gasteiger partial charge < -0.3 is 5.32 Å². The first-order valence-electron chi connectivity index (χ1n) is 6.50. The van der Waals surface area contributed by atoms with E-state index in [1.54, 1.807) is 6.92 Å². The van der Waals surface area contributed by atoms with Crippen molar-refractivity contribution in [2.24, 2.45) is 29.1 Å². The van der Waals surface area contributed by atoms with Crippen molar-refractivity contribution in [2.75, 3.05) is 0 Å². The highest BCUT2D eigenvalue weighted by Gasteiger charge is 2.64. The molecule has 0 spiro atoms. The van der Waals surface area contributed by atoms with Crippen LogP contribution in [-0.2, 0) is 4.79 Å². The quantitative estimate of drug-likeness (QED) is 0.727. The van der Waals surface area contributed by atoms with Crippen LogP contribution in [0.15, 0.2) is 0 Å². The van der Waals surface area contributed by atoms with Crippen LogP contribution in [0.5, 0.6) is 0 Å². The van der Waals surface area contributed by atoms with Crippen LogP contribution in [-0.4, -0.2) is 11.4 Å². The highest BCUT2D eigenvalue weighted by atomic mass is 16.1. The molecule has 2 fully saturated rings. The van der Waals surface area contributed by atoms with Crippen molar-refractivity contribution in [1.82, 2.24) is 5.32 Å². The number of rotatable bonds is 1. The molecule has 0 aromatic rings. The van der Waals surface area contributed by atoms with Crippen molar-refractivity contribution in [2.45, 2.75) is 53.5 Å². The molecule has 5 atom stereocenters. The zero-order valence-corrected chi connectivity index (χ0v) is 11.4. The van der Waals surface area contributed by atoms with Crippen molar-refractivity contribution in [3.63, 3.8) is 0 Å². The van der Waals surface area contributed by atoms with Gasteiger partial charge in [0.15, 0.2) is 0 Å². The first-order chi connectivity index (χ1) is 7.21. The molecule has 1 amide bonds. The molecule has 0 unspecified atom stereocenters. The molecule has 2 aliphatic rings. The van der Waals surface area contributed by atoms with Gasteiger partial charge in [0.25, 0.3) is 0 Å². The first-order valence-corrected chi connectivity index (χ1v) is 6.50. The van der Waals surface area contributed by atoms with Gasteiger partial charge in [-0.05, 0) is 42.4 Å². The summed E-state index contributed by atoms with van der Waals surface area (Å²) in [4.78, 5) is 11.4. The largest absolute Gasteiger partial charge is 0.351 e. The molecule has 0 aromatic heterocycles. The molecule has 0 heterocycles. The summed E-state index contributed by atoms with van der Waals surface area (Å²) in [5.41, 5.74) is 0.452. The molecular formula is C14H25NO. The molecule has 0 aliphatic heterocycles. The zero-order chi connectivity index (χ0) is 12.3. The Balaban J connectivity index is 2.31. The Labute approximate surface area is 99.2 Å². The van der Waals surface area contributed by atoms with Gasteiger partial charge in [-0.15, -0.1) is 0 Å². The molecule has 2 nitrogen and oxygen atoms in total. The summed E-state index contributed by atoms with van der Waals surface area (Å²) in [6.07, 6.45) is 1.28. The summed E-state index contributed by atoms with van der Waals surface area (Å²) >= 11 is 0. The Morgan fingerprint density at radius 2 is 1.69 bits per heavy atom. The summed E-state index contributed by atoms with van der Waals surface area (Å²) < 4.78 is 0. The van der Waals surface area contributed by atoms with Crippen LogP contribution in [0.4, 0.5) is 0 Å². The number of carbonyl (C=O) groups excluding carboxylic acids is 1. The van der Waals surface area contributed by atoms with Crippen molar-refractivity contribution < 1.29 is 4.79 Å². The number of nitrogens with one attached hydrogen (secondary N) is 1. The van der Waals surface area contributed by atoms with Gasteiger partial charge >= 0.3 is 0 Å². The van der Waals surface area contributed by atoms with Crippen LogP contribution in [0, 0.1) is 29.1 Å². The van der Waals surface area contributed by atoms with Crippen molar-refractivity contribution in [3.05, 3.63) is 0 Å². The lowest BCUT2D eigenvalue weighted by Crippen LogP contribution is -2.58. The predicted octanol–water partition coefficient (Wildman–Crippen LogP) is 2.83. The molecule has 1 N–H and O–H groups in total. The number of amides is 1. The zero-order valence-electron chi connectivity index (χ0n) is 11.4. The van der Waals surface area contributed by atoms with Crippen molar-refractivity contribution in [1.29, 1.82) is 0 Å². The van der Waals surface area contributed by atoms with Crippen LogP contribution in [0.3, 0.4) is 0 Å². The van der Waals surface area contributed by atoms with Crippen LogP contribution >= 0.6 is 0 Å². The van der Waals surface area contributed by atoms with Crippen LogP contribution in [0.2, 0.25) is 0 Å². The Hall–Kier alpha value is -0.530. The molecule has 16 heavy (non-hydrogen) atoms. The second-order valence-corrected chi connectivity index (χ2v) is 6.81. The van der Waals surface area contributed by atoms with E-state index in [2.05, 4.69) is 39.9 Å². The van der Waals surface area contributed by atoms with Gasteiger partial charge in [-0.2, -0.15) is 0 Å². The van der Waals surface area contributed by atoms with Crippen LogP contribution in [0.1, 0.15) is 48.0 Å². The van der Waals surface area contributed by atoms with Gasteiger partial charge in [0.05, 0.1) is 0 Å². The topological polar surface area (TPSA) is 29.1 Å². The van der Waals surface area contributed by atoms with E-state index in [1.165, 1.54) is 6.42 Å². The average molecular weight is 223 g/mol. The summed E-state index contributed by atoms with van der Waals surface area (Å²) in [7, 11) is 0. The molecule has 0 radical (unpaired) electrons. The van der Waals surface area contributed by atoms with E-state index in [0.29, 0.717) is 23.2 Å². The SMILES string of the molecule is CC(=O)N[C@]1(C)[C@H](C)[C@H]2C[C@H]1[C@H](C)C2(C)C. The van der Waals surface area contributed by atoms with Crippen LogP contribution < -0.4 is 5.32 Å². The van der Waals surface area contributed by atoms with Crippen molar-refractivity contribution in [3.8, 4) is 0 Å². The number of hydrogen-bond acceptors (Lipinski definition) is 1. The highest BCUT2D eigenvalue weighted by Crippen LogP contribution is 2.65. The molecular weight excluding hydrogens is 198 g/mol. The lowest BCUT2D eigenvalue weighted by atomic mass is 9.59. The second-order valence-electron chi connectivity index (χ2n) is 6.81. The highest BCUT2D eigenvalue weighted by molar-refractivity contribution is 5.74. The molecule has 2 rings (SSSR count). The standard InChI is InChI=1S/C14H25NO/c1-8-12-7-11(13(8,4)5)9(2)14(12,6)15-10(3)16/h8-9,11-12H,7H2,1-6H3,(H,15,16)/t8-,9+,11+,12-,14+/m0/s1. The lowest BCUT2D eigenvalue weighted by molar-refractivity contribution is -0.123. The maximum absolute atomic E-state index is 11.4. The number of carbonyl (C=O) groups is 1. The van der Waals surface area contributed by atoms with Crippen molar-refractivity contribution >= 4 is 5.91 Å². The lowest BCUT2D eigenvalue weighted by Gasteiger charge is -2.50. The predicted molar refractivity (Wildman–Crippen MR) is 65.9 cm³/mol. The molecule has 2 saturated carbocycles. The molecule has 2 aliphatic carbocycles. The van der Waals surface area contributed by atoms with Gasteiger partial charge in [0, 0.05) is 12.5 Å². The van der Waals surface area contributed by atoms with Gasteiger partial charge in [-0.25, -0.2) is 0 Å². The fourth-order valence-electron chi connectivity index (χ4n) is 4.59. The van der Waals surface area contributed by atoms with Gasteiger partial charge in [-0.1, -0.05) is 27.7 Å². The van der Waals surface area contributed by atoms with E-state index in [-0.39, 0.29) is 11.4 Å². The minimum atomic E-state index is 0.0193. The molecule has 0 aromatic carbocycles. The molecule has 2 heteroatoms. The monoisotopic (exact) mass is 223 g/mol. The Bertz CT molecular complexity index is 323. The summed E-state index contributed by atoms with van der Waals surface area (Å²) in [6, 6.07) is 0. The minimum absolute atomic E-state index is 0.0193. The third kappa shape index (κ3) is 1.28. The number of fused-ring (bicyclic) bond motifs is 2. The average Bonchev–Trinajstić information content (AvgIpc) is 2.50. The second kappa shape index (κ2) is 3.24. The van der Waals surface area contributed by atoms with Gasteiger partial charge in [0.2, 0.25) is 5.91 Å². The van der Waals surface area contributed by atoms with Gasteiger partial charge in [0.1, 0.15) is 0 Å². The van der Waals surface area contributed by atoms with E-state index in [1.807, 2.05) is 0 Å². The fraction of sp³-hybridized carbons (Fsp3) is 0.929. The minimum Gasteiger partial charge on any atom is -0.351 e. The molecule has 92 valence electrons. The maximum atomic E-state index is 11.4. The normalized spacial score (nSPS) is 49.4. The first kappa shape index (κ1) is 11.9. The maximum Gasteiger partial charge on any atom is 0.217 e. The number of hydrogen-bond donors (Lipinski definition) is 1. The van der Waals surface area contributed by atoms with Gasteiger partial charge in [-0.3, -0.25) is 4.79 Å². The van der Waals surface area contributed by atoms with E-state index < -0.39 is 0 Å². The Morgan fingerprint density at radius 3 is 2.12 bits per heavy atom. The smallest absolute Gasteiger partial charge is 0.217 e. The molecule has 0 saturated heterocycles. The Morgan fingerprint density at radius 1 is 1.12 bits per heavy atom. The van der Waals surface area contributed by atoms with E-state index in [0.717, 1.165) is 5.92 Å². The van der Waals surface area contributed by atoms with E-state index >= 15 is 0 Å². The molecule has 2 bridgehead atoms. The van der Waals surface area contributed by atoms with E-state index in [9.17, 15) is 4.79 Å².